The van der Waals surface area contributed by atoms with Crippen molar-refractivity contribution in [2.45, 2.75) is 22.7 Å². The molecule has 2 nitrogen and oxygen atoms in total. The van der Waals surface area contributed by atoms with Crippen LogP contribution in [0.1, 0.15) is 17.4 Å². The lowest BCUT2D eigenvalue weighted by molar-refractivity contribution is 0.150. The Balaban J connectivity index is 1.64. The number of halogens is 1. The maximum Gasteiger partial charge on any atom is 0.134 e. The molecule has 4 heteroatoms. The molecule has 0 radical (unpaired) electrons. The molecule has 1 aromatic heterocycles. The molecule has 0 saturated heterocycles. The van der Waals surface area contributed by atoms with Crippen LogP contribution in [-0.4, -0.2) is 10.4 Å². The van der Waals surface area contributed by atoms with E-state index in [1.54, 1.807) is 17.8 Å². The van der Waals surface area contributed by atoms with E-state index in [0.29, 0.717) is 10.8 Å². The molecule has 21 heavy (non-hydrogen) atoms. The summed E-state index contributed by atoms with van der Waals surface area (Å²) in [6.07, 6.45) is 0.244. The van der Waals surface area contributed by atoms with Gasteiger partial charge in [-0.25, -0.2) is 0 Å². The Labute approximate surface area is 131 Å². The quantitative estimate of drug-likeness (QED) is 0.734. The van der Waals surface area contributed by atoms with E-state index in [1.807, 2.05) is 30.3 Å². The van der Waals surface area contributed by atoms with Crippen LogP contribution in [0.3, 0.4) is 0 Å². The standard InChI is InChI=1S/C17H13ClO2S/c18-12-5-6-13-11(7-12)8-14(20-13)17(19)16-9-10-3-1-2-4-15(10)21-16/h1-8,16-17,19H,9H2. The number of thioether (sulfide) groups is 1. The van der Waals surface area contributed by atoms with Gasteiger partial charge in [0.15, 0.2) is 0 Å². The topological polar surface area (TPSA) is 33.4 Å². The zero-order valence-corrected chi connectivity index (χ0v) is 12.7. The maximum absolute atomic E-state index is 10.6. The van der Waals surface area contributed by atoms with Gasteiger partial charge < -0.3 is 9.52 Å². The molecule has 2 atom stereocenters. The Kier molecular flexibility index (Phi) is 3.21. The highest BCUT2D eigenvalue weighted by molar-refractivity contribution is 8.00. The fourth-order valence-electron chi connectivity index (χ4n) is 2.75. The summed E-state index contributed by atoms with van der Waals surface area (Å²) < 4.78 is 5.77. The first-order valence-corrected chi connectivity index (χ1v) is 8.08. The Hall–Kier alpha value is -1.42. The summed E-state index contributed by atoms with van der Waals surface area (Å²) in [6, 6.07) is 15.7. The average molecular weight is 317 g/mol. The van der Waals surface area contributed by atoms with Crippen LogP contribution >= 0.6 is 23.4 Å². The lowest BCUT2D eigenvalue weighted by atomic mass is 10.1. The molecule has 0 saturated carbocycles. The number of furan rings is 1. The second-order valence-electron chi connectivity index (χ2n) is 5.24. The van der Waals surface area contributed by atoms with Gasteiger partial charge in [0.25, 0.3) is 0 Å². The average Bonchev–Trinajstić information content (AvgIpc) is 3.09. The van der Waals surface area contributed by atoms with Gasteiger partial charge in [-0.05, 0) is 42.3 Å². The third-order valence-corrected chi connectivity index (χ3v) is 5.43. The van der Waals surface area contributed by atoms with E-state index < -0.39 is 6.10 Å². The molecule has 0 fully saturated rings. The summed E-state index contributed by atoms with van der Waals surface area (Å²) in [5.74, 6) is 0.609. The molecule has 0 bridgehead atoms. The van der Waals surface area contributed by atoms with Gasteiger partial charge in [-0.15, -0.1) is 11.8 Å². The highest BCUT2D eigenvalue weighted by Gasteiger charge is 2.31. The molecular weight excluding hydrogens is 304 g/mol. The molecule has 2 aromatic carbocycles. The minimum absolute atomic E-state index is 0.0958. The summed E-state index contributed by atoms with van der Waals surface area (Å²) in [6.45, 7) is 0. The molecule has 3 aromatic rings. The zero-order chi connectivity index (χ0) is 14.4. The van der Waals surface area contributed by atoms with Crippen molar-refractivity contribution in [3.63, 3.8) is 0 Å². The number of aliphatic hydroxyl groups is 1. The van der Waals surface area contributed by atoms with Crippen molar-refractivity contribution in [1.29, 1.82) is 0 Å². The summed E-state index contributed by atoms with van der Waals surface area (Å²) in [7, 11) is 0. The van der Waals surface area contributed by atoms with Crippen molar-refractivity contribution >= 4 is 34.3 Å². The summed E-state index contributed by atoms with van der Waals surface area (Å²) in [4.78, 5) is 1.25. The zero-order valence-electron chi connectivity index (χ0n) is 11.1. The largest absolute Gasteiger partial charge is 0.458 e. The monoisotopic (exact) mass is 316 g/mol. The van der Waals surface area contributed by atoms with E-state index >= 15 is 0 Å². The number of fused-ring (bicyclic) bond motifs is 2. The van der Waals surface area contributed by atoms with Gasteiger partial charge in [0.1, 0.15) is 17.4 Å². The number of hydrogen-bond acceptors (Lipinski definition) is 3. The molecule has 2 unspecified atom stereocenters. The molecule has 4 rings (SSSR count). The smallest absolute Gasteiger partial charge is 0.134 e. The summed E-state index contributed by atoms with van der Waals surface area (Å²) in [5.41, 5.74) is 2.06. The van der Waals surface area contributed by atoms with Gasteiger partial charge in [-0.1, -0.05) is 29.8 Å². The SMILES string of the molecule is OC(c1cc2cc(Cl)ccc2o1)C1Cc2ccccc2S1. The molecule has 1 N–H and O–H groups in total. The van der Waals surface area contributed by atoms with Gasteiger partial charge in [0.05, 0.1) is 0 Å². The molecule has 0 amide bonds. The minimum Gasteiger partial charge on any atom is -0.458 e. The highest BCUT2D eigenvalue weighted by Crippen LogP contribution is 2.43. The predicted molar refractivity (Wildman–Crippen MR) is 86.0 cm³/mol. The Bertz CT molecular complexity index is 786. The molecule has 1 aliphatic rings. The highest BCUT2D eigenvalue weighted by atomic mass is 35.5. The first-order valence-electron chi connectivity index (χ1n) is 6.82. The van der Waals surface area contributed by atoms with Crippen LogP contribution in [0.2, 0.25) is 5.02 Å². The van der Waals surface area contributed by atoms with Crippen molar-refractivity contribution in [1.82, 2.24) is 0 Å². The summed E-state index contributed by atoms with van der Waals surface area (Å²) in [5, 5.41) is 12.3. The van der Waals surface area contributed by atoms with Crippen molar-refractivity contribution in [3.05, 3.63) is 64.9 Å². The van der Waals surface area contributed by atoms with Crippen molar-refractivity contribution in [2.75, 3.05) is 0 Å². The van der Waals surface area contributed by atoms with Gasteiger partial charge in [0.2, 0.25) is 0 Å². The molecule has 1 aliphatic heterocycles. The van der Waals surface area contributed by atoms with Crippen LogP contribution in [0, 0.1) is 0 Å². The lowest BCUT2D eigenvalue weighted by Crippen LogP contribution is -2.13. The minimum atomic E-state index is -0.617. The number of hydrogen-bond donors (Lipinski definition) is 1. The van der Waals surface area contributed by atoms with E-state index in [-0.39, 0.29) is 5.25 Å². The Morgan fingerprint density at radius 1 is 1.19 bits per heavy atom. The van der Waals surface area contributed by atoms with Gasteiger partial charge in [0, 0.05) is 20.6 Å². The van der Waals surface area contributed by atoms with E-state index in [0.717, 1.165) is 17.4 Å². The second-order valence-corrected chi connectivity index (χ2v) is 6.96. The number of rotatable bonds is 2. The summed E-state index contributed by atoms with van der Waals surface area (Å²) >= 11 is 7.70. The molecule has 2 heterocycles. The van der Waals surface area contributed by atoms with Crippen molar-refractivity contribution < 1.29 is 9.52 Å². The van der Waals surface area contributed by atoms with E-state index in [2.05, 4.69) is 12.1 Å². The first kappa shape index (κ1) is 13.3. The fraction of sp³-hybridized carbons (Fsp3) is 0.176. The third-order valence-electron chi connectivity index (χ3n) is 3.81. The molecule has 0 spiro atoms. The van der Waals surface area contributed by atoms with Crippen LogP contribution < -0.4 is 0 Å². The van der Waals surface area contributed by atoms with Crippen molar-refractivity contribution in [2.24, 2.45) is 0 Å². The predicted octanol–water partition coefficient (Wildman–Crippen LogP) is 4.84. The molecular formula is C17H13ClO2S. The lowest BCUT2D eigenvalue weighted by Gasteiger charge is -2.14. The van der Waals surface area contributed by atoms with Crippen LogP contribution in [0.15, 0.2) is 57.8 Å². The fourth-order valence-corrected chi connectivity index (χ4v) is 4.24. The van der Waals surface area contributed by atoms with E-state index in [1.165, 1.54) is 10.5 Å². The van der Waals surface area contributed by atoms with Gasteiger partial charge >= 0.3 is 0 Å². The normalized spacial score (nSPS) is 18.9. The maximum atomic E-state index is 10.6. The Morgan fingerprint density at radius 2 is 2.05 bits per heavy atom. The van der Waals surface area contributed by atoms with Crippen LogP contribution in [0.4, 0.5) is 0 Å². The van der Waals surface area contributed by atoms with Gasteiger partial charge in [-0.3, -0.25) is 0 Å². The first-order chi connectivity index (χ1) is 10.2. The molecule has 0 aliphatic carbocycles. The van der Waals surface area contributed by atoms with Crippen LogP contribution in [0.5, 0.6) is 0 Å². The number of aliphatic hydroxyl groups excluding tert-OH is 1. The second kappa shape index (κ2) is 5.09. The van der Waals surface area contributed by atoms with E-state index in [4.69, 9.17) is 16.0 Å². The van der Waals surface area contributed by atoms with Crippen LogP contribution in [-0.2, 0) is 6.42 Å². The van der Waals surface area contributed by atoms with Crippen molar-refractivity contribution in [3.8, 4) is 0 Å². The van der Waals surface area contributed by atoms with E-state index in [9.17, 15) is 5.11 Å². The van der Waals surface area contributed by atoms with Crippen LogP contribution in [0.25, 0.3) is 11.0 Å². The molecule has 106 valence electrons. The third kappa shape index (κ3) is 2.35. The van der Waals surface area contributed by atoms with Gasteiger partial charge in [-0.2, -0.15) is 0 Å². The Morgan fingerprint density at radius 3 is 2.90 bits per heavy atom. The number of benzene rings is 2.